The van der Waals surface area contributed by atoms with E-state index in [1.807, 2.05) is 6.92 Å². The van der Waals surface area contributed by atoms with E-state index in [1.54, 1.807) is 5.51 Å². The van der Waals surface area contributed by atoms with Crippen LogP contribution in [0.2, 0.25) is 0 Å². The van der Waals surface area contributed by atoms with E-state index in [0.29, 0.717) is 6.54 Å². The summed E-state index contributed by atoms with van der Waals surface area (Å²) in [4.78, 5) is 27.1. The minimum atomic E-state index is -4.63. The van der Waals surface area contributed by atoms with Crippen LogP contribution in [0.3, 0.4) is 0 Å². The third-order valence-electron chi connectivity index (χ3n) is 4.44. The van der Waals surface area contributed by atoms with Gasteiger partial charge >= 0.3 is 6.18 Å². The van der Waals surface area contributed by atoms with Crippen LogP contribution in [0.5, 0.6) is 0 Å². The van der Waals surface area contributed by atoms with Crippen molar-refractivity contribution in [3.63, 3.8) is 0 Å². The van der Waals surface area contributed by atoms with E-state index in [4.69, 9.17) is 0 Å². The fourth-order valence-corrected chi connectivity index (χ4v) is 3.80. The van der Waals surface area contributed by atoms with E-state index in [9.17, 15) is 18.0 Å². The Morgan fingerprint density at radius 3 is 2.74 bits per heavy atom. The van der Waals surface area contributed by atoms with Gasteiger partial charge in [0.05, 0.1) is 17.7 Å². The molecule has 0 bridgehead atoms. The summed E-state index contributed by atoms with van der Waals surface area (Å²) in [5.74, 6) is -0.770. The largest absolute Gasteiger partial charge is 0.433 e. The van der Waals surface area contributed by atoms with Crippen molar-refractivity contribution in [1.29, 1.82) is 0 Å². The number of carbonyl (C=O) groups excluding carboxylic acids is 1. The molecule has 1 aliphatic rings. The first-order chi connectivity index (χ1) is 12.7. The first-order valence-corrected chi connectivity index (χ1v) is 9.44. The Kier molecular flexibility index (Phi) is 5.75. The van der Waals surface area contributed by atoms with Gasteiger partial charge in [0, 0.05) is 17.1 Å². The van der Waals surface area contributed by atoms with Crippen LogP contribution in [-0.4, -0.2) is 45.4 Å². The molecule has 0 radical (unpaired) electrons. The molecule has 1 saturated heterocycles. The molecule has 1 aliphatic heterocycles. The number of aryl methyl sites for hydroxylation is 2. The summed E-state index contributed by atoms with van der Waals surface area (Å²) in [6.07, 6.45) is -3.72. The maximum absolute atomic E-state index is 13.1. The van der Waals surface area contributed by atoms with Gasteiger partial charge in [0.2, 0.25) is 5.82 Å². The van der Waals surface area contributed by atoms with Gasteiger partial charge in [0.25, 0.3) is 5.91 Å². The van der Waals surface area contributed by atoms with Crippen LogP contribution >= 0.6 is 11.3 Å². The fourth-order valence-electron chi connectivity index (χ4n) is 3.00. The van der Waals surface area contributed by atoms with Gasteiger partial charge in [-0.05, 0) is 45.3 Å². The first kappa shape index (κ1) is 19.7. The van der Waals surface area contributed by atoms with Crippen molar-refractivity contribution < 1.29 is 18.0 Å². The maximum atomic E-state index is 13.1. The number of aromatic nitrogens is 3. The Labute approximate surface area is 158 Å². The van der Waals surface area contributed by atoms with E-state index in [2.05, 4.69) is 20.3 Å². The number of halogens is 3. The molecule has 1 N–H and O–H groups in total. The number of alkyl halides is 3. The normalized spacial score (nSPS) is 17.3. The maximum Gasteiger partial charge on any atom is 0.433 e. The molecule has 10 heteroatoms. The van der Waals surface area contributed by atoms with Crippen molar-refractivity contribution in [3.8, 4) is 0 Å². The van der Waals surface area contributed by atoms with Crippen LogP contribution in [-0.2, 0) is 12.7 Å². The highest BCUT2D eigenvalue weighted by atomic mass is 32.1. The molecule has 1 unspecified atom stereocenters. The zero-order valence-corrected chi connectivity index (χ0v) is 15.8. The summed E-state index contributed by atoms with van der Waals surface area (Å²) in [7, 11) is 0. The van der Waals surface area contributed by atoms with Crippen LogP contribution < -0.4 is 5.32 Å². The summed E-state index contributed by atoms with van der Waals surface area (Å²) >= 11 is 1.42. The summed E-state index contributed by atoms with van der Waals surface area (Å²) in [6, 6.07) is 0.843. The van der Waals surface area contributed by atoms with Gasteiger partial charge in [0.1, 0.15) is 5.69 Å². The van der Waals surface area contributed by atoms with Gasteiger partial charge in [0.15, 0.2) is 0 Å². The molecular formula is C17H20F3N5OS. The summed E-state index contributed by atoms with van der Waals surface area (Å²) < 4.78 is 39.2. The van der Waals surface area contributed by atoms with Gasteiger partial charge in [-0.2, -0.15) is 13.2 Å². The first-order valence-electron chi connectivity index (χ1n) is 8.56. The fraction of sp³-hybridized carbons (Fsp3) is 0.529. The molecule has 0 saturated carbocycles. The third kappa shape index (κ3) is 4.81. The van der Waals surface area contributed by atoms with E-state index in [1.165, 1.54) is 23.2 Å². The SMILES string of the molecule is Cc1cc(C(F)(F)F)nc(C(=O)N(Cc2scnc2C)CC2CCNC2)n1. The van der Waals surface area contributed by atoms with Gasteiger partial charge in [-0.3, -0.25) is 4.79 Å². The van der Waals surface area contributed by atoms with Gasteiger partial charge in [-0.25, -0.2) is 15.0 Å². The van der Waals surface area contributed by atoms with Crippen LogP contribution in [0.1, 0.15) is 39.0 Å². The Morgan fingerprint density at radius 1 is 1.37 bits per heavy atom. The molecule has 0 spiro atoms. The van der Waals surface area contributed by atoms with Crippen LogP contribution in [0.4, 0.5) is 13.2 Å². The Bertz CT molecular complexity index is 817. The molecule has 0 aliphatic carbocycles. The van der Waals surface area contributed by atoms with Crippen molar-refractivity contribution >= 4 is 17.2 Å². The molecule has 3 rings (SSSR count). The smallest absolute Gasteiger partial charge is 0.330 e. The van der Waals surface area contributed by atoms with Gasteiger partial charge < -0.3 is 10.2 Å². The topological polar surface area (TPSA) is 71.0 Å². The van der Waals surface area contributed by atoms with Crippen molar-refractivity contribution in [2.24, 2.45) is 5.92 Å². The number of thiazole rings is 1. The predicted octanol–water partition coefficient (Wildman–Crippen LogP) is 2.82. The lowest BCUT2D eigenvalue weighted by Gasteiger charge is -2.25. The summed E-state index contributed by atoms with van der Waals surface area (Å²) in [5, 5.41) is 3.24. The second-order valence-electron chi connectivity index (χ2n) is 6.62. The minimum absolute atomic E-state index is 0.108. The molecule has 2 aromatic rings. The molecule has 3 heterocycles. The molecule has 0 aromatic carbocycles. The highest BCUT2D eigenvalue weighted by Gasteiger charge is 2.35. The van der Waals surface area contributed by atoms with E-state index >= 15 is 0 Å². The average Bonchev–Trinajstić information content (AvgIpc) is 3.24. The molecule has 146 valence electrons. The lowest BCUT2D eigenvalue weighted by Crippen LogP contribution is -2.37. The monoisotopic (exact) mass is 399 g/mol. The number of hydrogen-bond donors (Lipinski definition) is 1. The second-order valence-corrected chi connectivity index (χ2v) is 7.56. The van der Waals surface area contributed by atoms with E-state index in [0.717, 1.165) is 36.1 Å². The number of hydrogen-bond acceptors (Lipinski definition) is 6. The van der Waals surface area contributed by atoms with Crippen LogP contribution in [0.25, 0.3) is 0 Å². The Morgan fingerprint density at radius 2 is 2.15 bits per heavy atom. The number of carbonyl (C=O) groups is 1. The predicted molar refractivity (Wildman–Crippen MR) is 94.3 cm³/mol. The lowest BCUT2D eigenvalue weighted by molar-refractivity contribution is -0.141. The molecular weight excluding hydrogens is 379 g/mol. The molecule has 1 atom stereocenters. The summed E-state index contributed by atoms with van der Waals surface area (Å²) in [6.45, 7) is 5.62. The van der Waals surface area contributed by atoms with Crippen molar-refractivity contribution in [2.75, 3.05) is 19.6 Å². The molecule has 2 aromatic heterocycles. The zero-order valence-electron chi connectivity index (χ0n) is 15.0. The van der Waals surface area contributed by atoms with Gasteiger partial charge in [-0.15, -0.1) is 11.3 Å². The highest BCUT2D eigenvalue weighted by Crippen LogP contribution is 2.28. The minimum Gasteiger partial charge on any atom is -0.330 e. The van der Waals surface area contributed by atoms with Gasteiger partial charge in [-0.1, -0.05) is 0 Å². The molecule has 1 fully saturated rings. The quantitative estimate of drug-likeness (QED) is 0.837. The summed E-state index contributed by atoms with van der Waals surface area (Å²) in [5.41, 5.74) is 1.51. The molecule has 27 heavy (non-hydrogen) atoms. The molecule has 1 amide bonds. The van der Waals surface area contributed by atoms with Crippen LogP contribution in [0.15, 0.2) is 11.6 Å². The van der Waals surface area contributed by atoms with E-state index in [-0.39, 0.29) is 18.2 Å². The second kappa shape index (κ2) is 7.89. The number of rotatable bonds is 5. The standard InChI is InChI=1S/C17H20F3N5OS/c1-10-5-14(17(18,19)20)24-15(23-10)16(26)25(7-12-3-4-21-6-12)8-13-11(2)22-9-27-13/h5,9,12,21H,3-4,6-8H2,1-2H3. The Balaban J connectivity index is 1.89. The van der Waals surface area contributed by atoms with Crippen molar-refractivity contribution in [2.45, 2.75) is 33.0 Å². The number of nitrogens with zero attached hydrogens (tertiary/aromatic N) is 4. The number of amides is 1. The molecule has 6 nitrogen and oxygen atoms in total. The van der Waals surface area contributed by atoms with Crippen molar-refractivity contribution in [3.05, 3.63) is 39.4 Å². The third-order valence-corrected chi connectivity index (χ3v) is 5.36. The van der Waals surface area contributed by atoms with E-state index < -0.39 is 23.6 Å². The number of nitrogens with one attached hydrogen (secondary N) is 1. The average molecular weight is 399 g/mol. The zero-order chi connectivity index (χ0) is 19.6. The van der Waals surface area contributed by atoms with Crippen LogP contribution in [0, 0.1) is 19.8 Å². The van der Waals surface area contributed by atoms with Crippen molar-refractivity contribution in [1.82, 2.24) is 25.2 Å². The lowest BCUT2D eigenvalue weighted by atomic mass is 10.1. The highest BCUT2D eigenvalue weighted by molar-refractivity contribution is 7.09. The Hall–Kier alpha value is -2.07.